The smallest absolute Gasteiger partial charge is 0.291 e. The molecule has 1 saturated heterocycles. The summed E-state index contributed by atoms with van der Waals surface area (Å²) < 4.78 is 3.30. The summed E-state index contributed by atoms with van der Waals surface area (Å²) in [7, 11) is 0. The second-order valence-corrected chi connectivity index (χ2v) is 9.90. The molecule has 160 valence electrons. The quantitative estimate of drug-likeness (QED) is 0.680. The van der Waals surface area contributed by atoms with Crippen molar-refractivity contribution in [2.24, 2.45) is 0 Å². The Balaban J connectivity index is 1.37. The molecule has 0 aromatic carbocycles. The minimum atomic E-state index is -0.210. The van der Waals surface area contributed by atoms with Crippen LogP contribution >= 0.6 is 11.3 Å². The first kappa shape index (κ1) is 19.8. The molecule has 1 aliphatic carbocycles. The first-order chi connectivity index (χ1) is 14.5. The number of nitrogens with zero attached hydrogens (tertiary/aromatic N) is 4. The van der Waals surface area contributed by atoms with Gasteiger partial charge in [0, 0.05) is 29.9 Å². The molecule has 3 aromatic heterocycles. The van der Waals surface area contributed by atoms with Crippen LogP contribution in [0.2, 0.25) is 0 Å². The molecule has 0 spiro atoms. The number of hydrogen-bond acceptors (Lipinski definition) is 5. The van der Waals surface area contributed by atoms with Gasteiger partial charge in [-0.25, -0.2) is 4.68 Å². The fourth-order valence-corrected chi connectivity index (χ4v) is 5.66. The number of aromatic nitrogens is 3. The predicted molar refractivity (Wildman–Crippen MR) is 119 cm³/mol. The summed E-state index contributed by atoms with van der Waals surface area (Å²) in [5, 5.41) is 10.8. The van der Waals surface area contributed by atoms with E-state index in [1.54, 1.807) is 11.3 Å². The molecule has 4 heterocycles. The zero-order valence-corrected chi connectivity index (χ0v) is 18.5. The lowest BCUT2D eigenvalue weighted by molar-refractivity contribution is -0.123. The molecule has 1 aliphatic heterocycles. The number of carbonyl (C=O) groups excluding carboxylic acids is 1. The second kappa shape index (κ2) is 7.81. The Labute approximate surface area is 179 Å². The summed E-state index contributed by atoms with van der Waals surface area (Å²) in [6.45, 7) is 6.15. The molecule has 30 heavy (non-hydrogen) atoms. The molecule has 3 aromatic rings. The van der Waals surface area contributed by atoms with Crippen LogP contribution in [0, 0.1) is 0 Å². The Morgan fingerprint density at radius 2 is 2.13 bits per heavy atom. The van der Waals surface area contributed by atoms with E-state index in [4.69, 9.17) is 0 Å². The number of likely N-dealkylation sites (tertiary alicyclic amines) is 1. The Morgan fingerprint density at radius 3 is 2.87 bits per heavy atom. The third-order valence-electron chi connectivity index (χ3n) is 6.54. The van der Waals surface area contributed by atoms with E-state index in [1.165, 1.54) is 23.9 Å². The zero-order chi connectivity index (χ0) is 20.8. The fourth-order valence-electron chi connectivity index (χ4n) is 4.75. The van der Waals surface area contributed by atoms with Crippen LogP contribution < -0.4 is 10.9 Å². The number of fused-ring (bicyclic) bond motifs is 3. The van der Waals surface area contributed by atoms with Crippen LogP contribution in [-0.2, 0) is 11.3 Å². The number of nitrogens with one attached hydrogen (secondary N) is 1. The van der Waals surface area contributed by atoms with Gasteiger partial charge in [0.2, 0.25) is 5.91 Å². The molecule has 1 unspecified atom stereocenters. The van der Waals surface area contributed by atoms with Crippen LogP contribution in [0.25, 0.3) is 15.7 Å². The molecule has 0 bridgehead atoms. The van der Waals surface area contributed by atoms with E-state index in [9.17, 15) is 9.59 Å². The summed E-state index contributed by atoms with van der Waals surface area (Å²) in [4.78, 5) is 29.4. The van der Waals surface area contributed by atoms with Crippen LogP contribution in [0.1, 0.15) is 57.7 Å². The van der Waals surface area contributed by atoms with Crippen molar-refractivity contribution in [3.63, 3.8) is 0 Å². The molecular formula is C22H29N5O2S. The van der Waals surface area contributed by atoms with Crippen LogP contribution in [0.5, 0.6) is 0 Å². The van der Waals surface area contributed by atoms with E-state index in [0.29, 0.717) is 11.6 Å². The Morgan fingerprint density at radius 1 is 1.30 bits per heavy atom. The largest absolute Gasteiger partial charge is 0.350 e. The van der Waals surface area contributed by atoms with Crippen LogP contribution in [-0.4, -0.2) is 50.2 Å². The van der Waals surface area contributed by atoms with Gasteiger partial charge in [0.25, 0.3) is 5.56 Å². The third kappa shape index (κ3) is 3.46. The number of amides is 1. The van der Waals surface area contributed by atoms with E-state index >= 15 is 0 Å². The van der Waals surface area contributed by atoms with Gasteiger partial charge >= 0.3 is 0 Å². The van der Waals surface area contributed by atoms with Crippen molar-refractivity contribution < 1.29 is 4.79 Å². The first-order valence-corrected chi connectivity index (χ1v) is 11.9. The summed E-state index contributed by atoms with van der Waals surface area (Å²) >= 11 is 1.61. The number of rotatable bonds is 5. The van der Waals surface area contributed by atoms with E-state index in [1.807, 2.05) is 21.9 Å². The molecule has 1 saturated carbocycles. The maximum absolute atomic E-state index is 13.1. The molecule has 5 rings (SSSR count). The van der Waals surface area contributed by atoms with Gasteiger partial charge in [-0.05, 0) is 49.7 Å². The molecule has 7 nitrogen and oxygen atoms in total. The average molecular weight is 428 g/mol. The van der Waals surface area contributed by atoms with E-state index in [0.717, 1.165) is 42.0 Å². The average Bonchev–Trinajstić information content (AvgIpc) is 3.24. The maximum Gasteiger partial charge on any atom is 0.291 e. The molecule has 1 amide bonds. The Bertz CT molecular complexity index is 1140. The van der Waals surface area contributed by atoms with Crippen molar-refractivity contribution >= 4 is 33.0 Å². The lowest BCUT2D eigenvalue weighted by Crippen LogP contribution is -2.53. The van der Waals surface area contributed by atoms with Gasteiger partial charge in [-0.1, -0.05) is 20.3 Å². The highest BCUT2D eigenvalue weighted by molar-refractivity contribution is 7.16. The van der Waals surface area contributed by atoms with Crippen molar-refractivity contribution in [3.8, 4) is 0 Å². The predicted octanol–water partition coefficient (Wildman–Crippen LogP) is 2.97. The van der Waals surface area contributed by atoms with Crippen LogP contribution in [0.3, 0.4) is 0 Å². The van der Waals surface area contributed by atoms with E-state index in [-0.39, 0.29) is 30.0 Å². The lowest BCUT2D eigenvalue weighted by atomic mass is 9.89. The highest BCUT2D eigenvalue weighted by atomic mass is 32.1. The van der Waals surface area contributed by atoms with Crippen molar-refractivity contribution in [2.75, 3.05) is 13.1 Å². The van der Waals surface area contributed by atoms with Gasteiger partial charge in [-0.3, -0.25) is 18.9 Å². The minimum Gasteiger partial charge on any atom is -0.350 e. The normalized spacial score (nSPS) is 20.8. The lowest BCUT2D eigenvalue weighted by Gasteiger charge is -2.42. The van der Waals surface area contributed by atoms with Crippen molar-refractivity contribution in [1.29, 1.82) is 0 Å². The summed E-state index contributed by atoms with van der Waals surface area (Å²) in [5.41, 5.74) is 0.384. The van der Waals surface area contributed by atoms with Gasteiger partial charge in [0.05, 0.1) is 0 Å². The monoisotopic (exact) mass is 427 g/mol. The maximum atomic E-state index is 13.1. The van der Waals surface area contributed by atoms with E-state index < -0.39 is 0 Å². The van der Waals surface area contributed by atoms with Crippen LogP contribution in [0.15, 0.2) is 22.3 Å². The topological polar surface area (TPSA) is 71.6 Å². The van der Waals surface area contributed by atoms with Gasteiger partial charge in [-0.2, -0.15) is 5.10 Å². The van der Waals surface area contributed by atoms with Crippen molar-refractivity contribution in [2.45, 2.75) is 70.5 Å². The van der Waals surface area contributed by atoms with Crippen molar-refractivity contribution in [1.82, 2.24) is 24.4 Å². The number of hydrogen-bond donors (Lipinski definition) is 1. The minimum absolute atomic E-state index is 0.0339. The Kier molecular flexibility index (Phi) is 5.14. The molecule has 8 heteroatoms. The van der Waals surface area contributed by atoms with Gasteiger partial charge in [0.15, 0.2) is 0 Å². The molecule has 2 aliphatic rings. The third-order valence-corrected chi connectivity index (χ3v) is 7.45. The van der Waals surface area contributed by atoms with Crippen molar-refractivity contribution in [3.05, 3.63) is 33.7 Å². The molecule has 1 atom stereocenters. The summed E-state index contributed by atoms with van der Waals surface area (Å²) in [5.74, 6) is 0.815. The second-order valence-electron chi connectivity index (χ2n) is 9.01. The zero-order valence-electron chi connectivity index (χ0n) is 17.6. The summed E-state index contributed by atoms with van der Waals surface area (Å²) in [6, 6.07) is 4.79. The number of piperidine rings is 1. The van der Waals surface area contributed by atoms with Gasteiger partial charge in [0.1, 0.15) is 22.7 Å². The first-order valence-electron chi connectivity index (χ1n) is 11.0. The number of thiophene rings is 1. The van der Waals surface area contributed by atoms with E-state index in [2.05, 4.69) is 29.2 Å². The highest BCUT2D eigenvalue weighted by Crippen LogP contribution is 2.28. The number of carbonyl (C=O) groups is 1. The molecule has 2 fully saturated rings. The fraction of sp³-hybridized carbons (Fsp3) is 0.591. The molecule has 1 N–H and O–H groups in total. The van der Waals surface area contributed by atoms with Crippen LogP contribution in [0.4, 0.5) is 0 Å². The molecular weight excluding hydrogens is 398 g/mol. The van der Waals surface area contributed by atoms with Gasteiger partial charge < -0.3 is 5.32 Å². The SMILES string of the molecule is CC(C)c1nn(CC(=O)NC2CCCN(C3CCC3)C2)c(=O)c2cc3ccsc3n12. The summed E-state index contributed by atoms with van der Waals surface area (Å²) in [6.07, 6.45) is 6.01. The molecule has 0 radical (unpaired) electrons. The highest BCUT2D eigenvalue weighted by Gasteiger charge is 2.30. The van der Waals surface area contributed by atoms with Gasteiger partial charge in [-0.15, -0.1) is 11.3 Å². The Hall–Kier alpha value is -2.19. The standard InChI is InChI=1S/C22H29N5O2S/c1-14(2)20-24-26(21(29)18-11-15-8-10-30-22(15)27(18)20)13-19(28)23-16-5-4-9-25(12-16)17-6-3-7-17/h8,10-11,14,16-17H,3-7,9,12-13H2,1-2H3,(H,23,28).